The molecule has 2 aromatic carbocycles. The molecule has 0 aromatic heterocycles. The molecule has 3 heterocycles. The van der Waals surface area contributed by atoms with Crippen LogP contribution < -0.4 is 36.6 Å². The van der Waals surface area contributed by atoms with Crippen LogP contribution in [0.1, 0.15) is 91.8 Å². The number of likely N-dealkylation sites (N-methyl/N-ethyl adjacent to an activating group) is 1. The normalized spacial score (nSPS) is 28.0. The summed E-state index contributed by atoms with van der Waals surface area (Å²) in [6.07, 6.45) is -0.405. The number of carbonyl (C=O) groups excluding carboxylic acids is 9. The van der Waals surface area contributed by atoms with Gasteiger partial charge in [0, 0.05) is 18.9 Å². The van der Waals surface area contributed by atoms with Crippen LogP contribution in [-0.2, 0) is 59.0 Å². The van der Waals surface area contributed by atoms with E-state index in [4.69, 9.17) is 14.2 Å². The number of hydrogen-bond acceptors (Lipinski definition) is 14. The number of nitrogens with one attached hydrogen (secondary N) is 6. The van der Waals surface area contributed by atoms with Crippen LogP contribution >= 0.6 is 0 Å². The molecule has 12 atom stereocenters. The minimum absolute atomic E-state index is 0.130. The Hall–Kier alpha value is -6.87. The van der Waals surface area contributed by atoms with Gasteiger partial charge in [-0.15, -0.1) is 0 Å². The smallest absolute Gasteiger partial charge is 0.332 e. The molecular formula is C52H71N7O14. The lowest BCUT2D eigenvalue weighted by atomic mass is 9.93. The molecule has 73 heavy (non-hydrogen) atoms. The SMILES string of the molecule is CC[C@H](C)[C@H]1NC(=O)C(NC(=O)[C@H](C)[C@H](O)C(C)C)[C@@H](C)OC(=O)[C@@H]2COC(=O)CNC(=O)/C=C/C3(CC3)[C@@H](C)Oc3ccc(cc3)[C@H](NC1=O)C(=O)N(C)[C@@H](Cc1ccccc1)C(=O)NC([C@@H](C)O)C(=O)N2. The Morgan fingerprint density at radius 2 is 1.44 bits per heavy atom. The summed E-state index contributed by atoms with van der Waals surface area (Å²) in [5.41, 5.74) is 0.292. The fourth-order valence-corrected chi connectivity index (χ4v) is 8.50. The number of amides is 7. The fourth-order valence-electron chi connectivity index (χ4n) is 8.50. The summed E-state index contributed by atoms with van der Waals surface area (Å²) in [4.78, 5) is 129. The van der Waals surface area contributed by atoms with Crippen molar-refractivity contribution in [3.05, 3.63) is 77.9 Å². The first-order valence-electron chi connectivity index (χ1n) is 24.7. The molecule has 21 heteroatoms. The summed E-state index contributed by atoms with van der Waals surface area (Å²) in [5.74, 6) is -10.4. The minimum atomic E-state index is -1.92. The first kappa shape index (κ1) is 57.0. The van der Waals surface area contributed by atoms with Gasteiger partial charge in [0.1, 0.15) is 61.3 Å². The first-order chi connectivity index (χ1) is 34.5. The van der Waals surface area contributed by atoms with Crippen molar-refractivity contribution in [2.45, 2.75) is 142 Å². The lowest BCUT2D eigenvalue weighted by Gasteiger charge is -2.34. The van der Waals surface area contributed by atoms with E-state index in [-0.39, 0.29) is 12.0 Å². The van der Waals surface area contributed by atoms with Crippen LogP contribution in [0.15, 0.2) is 66.7 Å². The molecule has 1 aliphatic carbocycles. The maximum absolute atomic E-state index is 15.2. The van der Waals surface area contributed by atoms with Gasteiger partial charge in [-0.1, -0.05) is 89.6 Å². The van der Waals surface area contributed by atoms with Crippen LogP contribution in [0.5, 0.6) is 5.75 Å². The number of cyclic esters (lactones) is 1. The highest BCUT2D eigenvalue weighted by atomic mass is 16.6. The van der Waals surface area contributed by atoms with Crippen LogP contribution in [0.3, 0.4) is 0 Å². The zero-order valence-electron chi connectivity index (χ0n) is 42.8. The van der Waals surface area contributed by atoms with Crippen molar-refractivity contribution in [2.24, 2.45) is 23.2 Å². The molecule has 1 saturated heterocycles. The Bertz CT molecular complexity index is 2360. The Balaban J connectivity index is 1.72. The zero-order chi connectivity index (χ0) is 53.9. The second-order valence-corrected chi connectivity index (χ2v) is 19.7. The van der Waals surface area contributed by atoms with Crippen LogP contribution in [0.4, 0.5) is 0 Å². The van der Waals surface area contributed by atoms with Crippen LogP contribution in [0, 0.1) is 23.2 Å². The predicted molar refractivity (Wildman–Crippen MR) is 263 cm³/mol. The average molecular weight is 1020 g/mol. The van der Waals surface area contributed by atoms with E-state index < -0.39 is 150 Å². The number of ether oxygens (including phenoxy) is 3. The molecule has 1 saturated carbocycles. The number of fused-ring (bicyclic) bond motifs is 9. The van der Waals surface area contributed by atoms with Crippen molar-refractivity contribution in [2.75, 3.05) is 20.2 Å². The number of aliphatic hydroxyl groups is 2. The molecule has 21 nitrogen and oxygen atoms in total. The molecule has 4 bridgehead atoms. The van der Waals surface area contributed by atoms with Crippen molar-refractivity contribution in [3.8, 4) is 5.75 Å². The third-order valence-corrected chi connectivity index (χ3v) is 13.9. The number of esters is 2. The fraction of sp³-hybridized carbons (Fsp3) is 0.558. The van der Waals surface area contributed by atoms with Gasteiger partial charge >= 0.3 is 11.9 Å². The molecule has 7 amide bonds. The summed E-state index contributed by atoms with van der Waals surface area (Å²) in [7, 11) is 1.34. The van der Waals surface area contributed by atoms with Gasteiger partial charge < -0.3 is 61.2 Å². The van der Waals surface area contributed by atoms with Gasteiger partial charge in [0.15, 0.2) is 6.04 Å². The van der Waals surface area contributed by atoms with Crippen LogP contribution in [-0.4, -0.2) is 143 Å². The van der Waals surface area contributed by atoms with Crippen molar-refractivity contribution in [3.63, 3.8) is 0 Å². The Kier molecular flexibility index (Phi) is 19.7. The van der Waals surface area contributed by atoms with Crippen molar-refractivity contribution >= 4 is 53.3 Å². The summed E-state index contributed by atoms with van der Waals surface area (Å²) < 4.78 is 17.4. The molecule has 6 rings (SSSR count). The number of aliphatic hydroxyl groups excluding tert-OH is 2. The molecular weight excluding hydrogens is 947 g/mol. The topological polar surface area (TPSA) is 297 Å². The first-order valence-corrected chi connectivity index (χ1v) is 24.7. The number of carbonyl (C=O) groups is 9. The molecule has 2 fully saturated rings. The van der Waals surface area contributed by atoms with E-state index >= 15 is 4.79 Å². The minimum Gasteiger partial charge on any atom is -0.490 e. The molecule has 8 N–H and O–H groups in total. The van der Waals surface area contributed by atoms with Gasteiger partial charge in [-0.05, 0) is 74.8 Å². The van der Waals surface area contributed by atoms with Gasteiger partial charge in [0.25, 0.3) is 0 Å². The lowest BCUT2D eigenvalue weighted by molar-refractivity contribution is -0.160. The Morgan fingerprint density at radius 3 is 2.04 bits per heavy atom. The molecule has 398 valence electrons. The molecule has 4 aliphatic rings. The molecule has 2 unspecified atom stereocenters. The highest BCUT2D eigenvalue weighted by Gasteiger charge is 2.47. The van der Waals surface area contributed by atoms with Crippen molar-refractivity contribution in [1.82, 2.24) is 36.8 Å². The largest absolute Gasteiger partial charge is 0.490 e. The number of hydrogen-bond donors (Lipinski definition) is 8. The average Bonchev–Trinajstić information content (AvgIpc) is 4.17. The number of nitrogens with zero attached hydrogens (tertiary/aromatic N) is 1. The van der Waals surface area contributed by atoms with Gasteiger partial charge in [-0.2, -0.15) is 0 Å². The monoisotopic (exact) mass is 1020 g/mol. The molecule has 0 radical (unpaired) electrons. The summed E-state index contributed by atoms with van der Waals surface area (Å²) in [6, 6.07) is 5.02. The second-order valence-electron chi connectivity index (χ2n) is 19.7. The molecule has 1 spiro atoms. The van der Waals surface area contributed by atoms with Crippen LogP contribution in [0.25, 0.3) is 0 Å². The maximum atomic E-state index is 15.2. The Morgan fingerprint density at radius 1 is 0.808 bits per heavy atom. The van der Waals surface area contributed by atoms with E-state index in [0.717, 1.165) is 4.90 Å². The van der Waals surface area contributed by atoms with Crippen LogP contribution in [0.2, 0.25) is 0 Å². The van der Waals surface area contributed by atoms with Gasteiger partial charge in [-0.25, -0.2) is 4.79 Å². The highest BCUT2D eigenvalue weighted by Crippen LogP contribution is 2.51. The standard InChI is InChI=1S/C52H71N7O14/c1-10-28(4)40-47(66)58-43-34-16-18-35(19-17-34)73-32(8)52(22-23-52)21-20-38(61)53-25-39(62)71-26-36(51(70)72-31(7)42(49(68)55-40)57-45(64)29(5)44(63)27(2)3)54-48(67)41(30(6)60)56-46(65)37(59(9)50(43)69)24-33-14-12-11-13-15-33/h11-21,27-32,36-37,40-44,60,63H,10,22-26H2,1-9H3,(H,53,61)(H,54,67)(H,55,68)(H,56,65)(H,57,64)(H,58,66)/b21-20+/t28-,29+,30+,31+,32+,36-,37-,40+,41?,42?,43-,44+/m0/s1. The van der Waals surface area contributed by atoms with E-state index in [1.807, 2.05) is 6.92 Å². The third kappa shape index (κ3) is 14.9. The van der Waals surface area contributed by atoms with Crippen molar-refractivity contribution in [1.29, 1.82) is 0 Å². The van der Waals surface area contributed by atoms with Gasteiger partial charge in [0.05, 0.1) is 18.1 Å². The summed E-state index contributed by atoms with van der Waals surface area (Å²) in [5, 5.41) is 37.2. The number of benzene rings is 2. The highest BCUT2D eigenvalue weighted by molar-refractivity contribution is 5.98. The number of rotatable bonds is 9. The molecule has 2 aromatic rings. The zero-order valence-corrected chi connectivity index (χ0v) is 42.8. The van der Waals surface area contributed by atoms with Crippen molar-refractivity contribution < 1.29 is 67.6 Å². The third-order valence-electron chi connectivity index (χ3n) is 13.9. The summed E-state index contributed by atoms with van der Waals surface area (Å²) in [6.45, 7) is 10.9. The second kappa shape index (κ2) is 25.2. The van der Waals surface area contributed by atoms with Gasteiger partial charge in [0.2, 0.25) is 41.4 Å². The van der Waals surface area contributed by atoms with E-state index in [2.05, 4.69) is 31.9 Å². The van der Waals surface area contributed by atoms with E-state index in [9.17, 15) is 48.6 Å². The lowest BCUT2D eigenvalue weighted by Crippen LogP contribution is -2.61. The van der Waals surface area contributed by atoms with E-state index in [1.54, 1.807) is 88.4 Å². The Labute approximate surface area is 425 Å². The summed E-state index contributed by atoms with van der Waals surface area (Å²) >= 11 is 0. The van der Waals surface area contributed by atoms with E-state index in [1.165, 1.54) is 33.9 Å². The quantitative estimate of drug-likeness (QED) is 0.160. The molecule has 3 aliphatic heterocycles. The van der Waals surface area contributed by atoms with E-state index in [0.29, 0.717) is 30.6 Å². The maximum Gasteiger partial charge on any atom is 0.332 e. The van der Waals surface area contributed by atoms with Gasteiger partial charge in [-0.3, -0.25) is 38.4 Å². The predicted octanol–water partition coefficient (Wildman–Crippen LogP) is 0.655.